The number of hydrogen-bond donors (Lipinski definition) is 1. The van der Waals surface area contributed by atoms with E-state index in [9.17, 15) is 10.1 Å². The first-order chi connectivity index (χ1) is 15.3. The van der Waals surface area contributed by atoms with Crippen molar-refractivity contribution in [3.8, 4) is 11.8 Å². The number of anilines is 1. The molecule has 0 saturated heterocycles. The van der Waals surface area contributed by atoms with Crippen molar-refractivity contribution in [1.29, 1.82) is 5.26 Å². The van der Waals surface area contributed by atoms with Crippen LogP contribution in [0.15, 0.2) is 63.5 Å². The van der Waals surface area contributed by atoms with E-state index in [2.05, 4.69) is 43.2 Å². The molecule has 0 radical (unpaired) electrons. The van der Waals surface area contributed by atoms with E-state index in [1.165, 1.54) is 0 Å². The van der Waals surface area contributed by atoms with E-state index >= 15 is 0 Å². The van der Waals surface area contributed by atoms with Gasteiger partial charge >= 0.3 is 0 Å². The van der Waals surface area contributed by atoms with Crippen LogP contribution >= 0.6 is 55.1 Å². The first-order valence-corrected chi connectivity index (χ1v) is 11.7. The summed E-state index contributed by atoms with van der Waals surface area (Å²) in [6.45, 7) is 1.74. The van der Waals surface area contributed by atoms with Gasteiger partial charge in [-0.25, -0.2) is 0 Å². The Balaban J connectivity index is 1.88. The van der Waals surface area contributed by atoms with Gasteiger partial charge in [0.15, 0.2) is 6.61 Å². The largest absolute Gasteiger partial charge is 0.482 e. The number of carbonyl (C=O) groups excluding carboxylic acids is 1. The second-order valence-electron chi connectivity index (χ2n) is 6.81. The number of carbonyl (C=O) groups is 1. The standard InChI is InChI=1S/C24H16Br2Cl2N2O2/c1-14-3-2-4-19(7-14)30-23(31)13-32-24-15(9-17(25)10-21(24)26)8-16(12-29)20-6-5-18(27)11-22(20)28/h2-11H,13H2,1H3,(H,30,31)/b16-8+. The first-order valence-electron chi connectivity index (χ1n) is 9.32. The molecular formula is C24H16Br2Cl2N2O2. The van der Waals surface area contributed by atoms with Gasteiger partial charge in [0.1, 0.15) is 5.75 Å². The van der Waals surface area contributed by atoms with Crippen LogP contribution in [0.4, 0.5) is 5.69 Å². The fraction of sp³-hybridized carbons (Fsp3) is 0.0833. The van der Waals surface area contributed by atoms with Gasteiger partial charge in [-0.15, -0.1) is 0 Å². The van der Waals surface area contributed by atoms with E-state index < -0.39 is 0 Å². The van der Waals surface area contributed by atoms with Gasteiger partial charge in [0.05, 0.1) is 21.1 Å². The molecule has 0 atom stereocenters. The van der Waals surface area contributed by atoms with Crippen LogP contribution in [-0.2, 0) is 4.79 Å². The Morgan fingerprint density at radius 2 is 1.94 bits per heavy atom. The summed E-state index contributed by atoms with van der Waals surface area (Å²) in [4.78, 5) is 12.4. The van der Waals surface area contributed by atoms with E-state index in [0.717, 1.165) is 10.0 Å². The number of amides is 1. The third-order valence-electron chi connectivity index (χ3n) is 4.33. The lowest BCUT2D eigenvalue weighted by Gasteiger charge is -2.13. The third-order valence-corrected chi connectivity index (χ3v) is 5.92. The number of nitrogens with one attached hydrogen (secondary N) is 1. The average molecular weight is 595 g/mol. The van der Waals surface area contributed by atoms with Crippen molar-refractivity contribution >= 4 is 78.3 Å². The Hall–Kier alpha value is -2.30. The molecule has 3 rings (SSSR count). The third kappa shape index (κ3) is 6.36. The Morgan fingerprint density at radius 3 is 2.62 bits per heavy atom. The predicted octanol–water partition coefficient (Wildman–Crippen LogP) is 7.91. The summed E-state index contributed by atoms with van der Waals surface area (Å²) < 4.78 is 7.23. The Kier molecular flexibility index (Phi) is 8.38. The molecule has 3 aromatic carbocycles. The van der Waals surface area contributed by atoms with Crippen LogP contribution in [-0.4, -0.2) is 12.5 Å². The molecular weight excluding hydrogens is 579 g/mol. The molecule has 3 aromatic rings. The number of rotatable bonds is 6. The molecule has 0 unspecified atom stereocenters. The zero-order valence-electron chi connectivity index (χ0n) is 16.8. The second-order valence-corrected chi connectivity index (χ2v) is 9.42. The Morgan fingerprint density at radius 1 is 1.16 bits per heavy atom. The van der Waals surface area contributed by atoms with E-state index in [-0.39, 0.29) is 12.5 Å². The summed E-state index contributed by atoms with van der Waals surface area (Å²) in [6, 6.07) is 18.2. The van der Waals surface area contributed by atoms with Gasteiger partial charge in [0, 0.05) is 26.3 Å². The van der Waals surface area contributed by atoms with Gasteiger partial charge in [-0.05, 0) is 70.9 Å². The summed E-state index contributed by atoms with van der Waals surface area (Å²) in [5.41, 5.74) is 3.19. The lowest BCUT2D eigenvalue weighted by atomic mass is 10.0. The summed E-state index contributed by atoms with van der Waals surface area (Å²) in [7, 11) is 0. The molecule has 4 nitrogen and oxygen atoms in total. The van der Waals surface area contributed by atoms with Crippen LogP contribution in [0, 0.1) is 18.3 Å². The number of ether oxygens (including phenoxy) is 1. The quantitative estimate of drug-likeness (QED) is 0.233. The number of benzene rings is 3. The highest BCUT2D eigenvalue weighted by atomic mass is 79.9. The van der Waals surface area contributed by atoms with Crippen molar-refractivity contribution in [2.75, 3.05) is 11.9 Å². The number of halogens is 4. The van der Waals surface area contributed by atoms with Crippen molar-refractivity contribution in [3.05, 3.63) is 90.3 Å². The predicted molar refractivity (Wildman–Crippen MR) is 137 cm³/mol. The normalized spacial score (nSPS) is 11.1. The summed E-state index contributed by atoms with van der Waals surface area (Å²) in [5, 5.41) is 13.4. The van der Waals surface area contributed by atoms with Gasteiger partial charge in [-0.2, -0.15) is 5.26 Å². The molecule has 0 bridgehead atoms. The number of hydrogen-bond acceptors (Lipinski definition) is 3. The van der Waals surface area contributed by atoms with Crippen LogP contribution in [0.1, 0.15) is 16.7 Å². The molecule has 8 heteroatoms. The molecule has 0 fully saturated rings. The minimum Gasteiger partial charge on any atom is -0.482 e. The van der Waals surface area contributed by atoms with Crippen molar-refractivity contribution in [1.82, 2.24) is 0 Å². The minimum atomic E-state index is -0.304. The minimum absolute atomic E-state index is 0.210. The lowest BCUT2D eigenvalue weighted by Crippen LogP contribution is -2.20. The highest BCUT2D eigenvalue weighted by Gasteiger charge is 2.14. The van der Waals surface area contributed by atoms with Crippen molar-refractivity contribution in [2.24, 2.45) is 0 Å². The molecule has 1 N–H and O–H groups in total. The van der Waals surface area contributed by atoms with Gasteiger partial charge in [0.25, 0.3) is 5.91 Å². The zero-order chi connectivity index (χ0) is 23.3. The topological polar surface area (TPSA) is 62.1 Å². The number of aryl methyl sites for hydroxylation is 1. The molecule has 0 aliphatic carbocycles. The van der Waals surface area contributed by atoms with Crippen LogP contribution in [0.3, 0.4) is 0 Å². The Labute approximate surface area is 213 Å². The highest BCUT2D eigenvalue weighted by molar-refractivity contribution is 9.11. The van der Waals surface area contributed by atoms with E-state index in [1.807, 2.05) is 31.2 Å². The lowest BCUT2D eigenvalue weighted by molar-refractivity contribution is -0.118. The number of allylic oxidation sites excluding steroid dienone is 1. The maximum Gasteiger partial charge on any atom is 0.262 e. The summed E-state index contributed by atoms with van der Waals surface area (Å²) in [6.07, 6.45) is 1.65. The van der Waals surface area contributed by atoms with Crippen molar-refractivity contribution in [2.45, 2.75) is 6.92 Å². The van der Waals surface area contributed by atoms with Crippen molar-refractivity contribution in [3.63, 3.8) is 0 Å². The fourth-order valence-electron chi connectivity index (χ4n) is 2.93. The number of nitriles is 1. The molecule has 0 aliphatic rings. The first kappa shape index (κ1) is 24.3. The SMILES string of the molecule is Cc1cccc(NC(=O)COc2c(Br)cc(Br)cc2/C=C(\C#N)c2ccc(Cl)cc2Cl)c1. The highest BCUT2D eigenvalue weighted by Crippen LogP contribution is 2.36. The maximum absolute atomic E-state index is 12.4. The molecule has 0 aromatic heterocycles. The number of nitrogens with zero attached hydrogens (tertiary/aromatic N) is 1. The molecule has 0 heterocycles. The summed E-state index contributed by atoms with van der Waals surface area (Å²) >= 11 is 19.2. The van der Waals surface area contributed by atoms with Gasteiger partial charge in [0.2, 0.25) is 0 Å². The smallest absolute Gasteiger partial charge is 0.262 e. The molecule has 1 amide bonds. The monoisotopic (exact) mass is 592 g/mol. The van der Waals surface area contributed by atoms with Crippen LogP contribution in [0.5, 0.6) is 5.75 Å². The molecule has 0 aliphatic heterocycles. The average Bonchev–Trinajstić information content (AvgIpc) is 2.71. The second kappa shape index (κ2) is 11.0. The molecule has 0 spiro atoms. The van der Waals surface area contributed by atoms with Gasteiger partial charge < -0.3 is 10.1 Å². The van der Waals surface area contributed by atoms with Crippen molar-refractivity contribution < 1.29 is 9.53 Å². The van der Waals surface area contributed by atoms with Crippen LogP contribution in [0.25, 0.3) is 11.6 Å². The maximum atomic E-state index is 12.4. The fourth-order valence-corrected chi connectivity index (χ4v) is 4.81. The molecule has 0 saturated carbocycles. The van der Waals surface area contributed by atoms with E-state index in [0.29, 0.717) is 42.7 Å². The van der Waals surface area contributed by atoms with Gasteiger partial charge in [-0.3, -0.25) is 4.79 Å². The van der Waals surface area contributed by atoms with Gasteiger partial charge in [-0.1, -0.05) is 57.3 Å². The zero-order valence-corrected chi connectivity index (χ0v) is 21.4. The van der Waals surface area contributed by atoms with E-state index in [4.69, 9.17) is 27.9 Å². The summed E-state index contributed by atoms with van der Waals surface area (Å²) in [5.74, 6) is 0.118. The van der Waals surface area contributed by atoms with Crippen LogP contribution in [0.2, 0.25) is 10.0 Å². The Bertz CT molecular complexity index is 1250. The molecule has 32 heavy (non-hydrogen) atoms. The molecule has 162 valence electrons. The van der Waals surface area contributed by atoms with E-state index in [1.54, 1.807) is 36.4 Å². The van der Waals surface area contributed by atoms with Crippen LogP contribution < -0.4 is 10.1 Å².